The van der Waals surface area contributed by atoms with E-state index in [4.69, 9.17) is 32.7 Å². The molecule has 0 aliphatic carbocycles. The maximum atomic E-state index is 6.35. The Morgan fingerprint density at radius 2 is 2.18 bits per heavy atom. The van der Waals surface area contributed by atoms with E-state index in [2.05, 4.69) is 17.0 Å². The molecular formula is C15H15Cl2N3O2. The van der Waals surface area contributed by atoms with E-state index in [0.717, 1.165) is 18.6 Å². The number of halogens is 2. The molecule has 3 rings (SSSR count). The van der Waals surface area contributed by atoms with Gasteiger partial charge in [-0.2, -0.15) is 5.10 Å². The van der Waals surface area contributed by atoms with Crippen molar-refractivity contribution in [2.24, 2.45) is 0 Å². The van der Waals surface area contributed by atoms with Gasteiger partial charge >= 0.3 is 0 Å². The molecule has 7 heteroatoms. The van der Waals surface area contributed by atoms with E-state index in [9.17, 15) is 0 Å². The van der Waals surface area contributed by atoms with Crippen LogP contribution in [0, 0.1) is 0 Å². The van der Waals surface area contributed by atoms with E-state index >= 15 is 0 Å². The fourth-order valence-electron chi connectivity index (χ4n) is 2.38. The predicted molar refractivity (Wildman–Crippen MR) is 83.3 cm³/mol. The molecule has 5 nitrogen and oxygen atoms in total. The van der Waals surface area contributed by atoms with Crippen LogP contribution in [0.5, 0.6) is 0 Å². The quantitative estimate of drug-likeness (QED) is 0.821. The van der Waals surface area contributed by atoms with Gasteiger partial charge in [0.25, 0.3) is 5.79 Å². The Labute approximate surface area is 138 Å². The zero-order valence-electron chi connectivity index (χ0n) is 12.0. The summed E-state index contributed by atoms with van der Waals surface area (Å²) < 4.78 is 13.6. The van der Waals surface area contributed by atoms with Crippen LogP contribution in [0.25, 0.3) is 0 Å². The molecule has 1 atom stereocenters. The van der Waals surface area contributed by atoms with Crippen LogP contribution in [0.1, 0.15) is 25.3 Å². The largest absolute Gasteiger partial charge is 0.451 e. The summed E-state index contributed by atoms with van der Waals surface area (Å²) >= 11 is 12.3. The van der Waals surface area contributed by atoms with Crippen LogP contribution in [-0.4, -0.2) is 14.8 Å². The molecule has 0 bridgehead atoms. The molecule has 1 aliphatic rings. The van der Waals surface area contributed by atoms with Crippen LogP contribution in [0.4, 0.5) is 0 Å². The average molecular weight is 340 g/mol. The van der Waals surface area contributed by atoms with Crippen molar-refractivity contribution in [2.75, 3.05) is 0 Å². The first-order valence-corrected chi connectivity index (χ1v) is 7.72. The van der Waals surface area contributed by atoms with Gasteiger partial charge < -0.3 is 9.47 Å². The highest BCUT2D eigenvalue weighted by Gasteiger charge is 2.43. The van der Waals surface area contributed by atoms with E-state index < -0.39 is 5.79 Å². The summed E-state index contributed by atoms with van der Waals surface area (Å²) in [4.78, 5) is 3.95. The lowest BCUT2D eigenvalue weighted by atomic mass is 10.1. The molecule has 1 aliphatic heterocycles. The Morgan fingerprint density at radius 3 is 2.86 bits per heavy atom. The Bertz CT molecular complexity index is 688. The van der Waals surface area contributed by atoms with Crippen molar-refractivity contribution in [3.63, 3.8) is 0 Å². The number of hydrogen-bond donors (Lipinski definition) is 0. The first kappa shape index (κ1) is 15.2. The number of nitrogens with zero attached hydrogens (tertiary/aromatic N) is 3. The van der Waals surface area contributed by atoms with Crippen molar-refractivity contribution < 1.29 is 9.47 Å². The van der Waals surface area contributed by atoms with Gasteiger partial charge in [0.15, 0.2) is 0 Å². The maximum Gasteiger partial charge on any atom is 0.298 e. The molecule has 1 aromatic heterocycles. The molecule has 116 valence electrons. The van der Waals surface area contributed by atoms with Crippen LogP contribution >= 0.6 is 23.2 Å². The number of rotatable bonds is 5. The Hall–Kier alpha value is -1.72. The highest BCUT2D eigenvalue weighted by molar-refractivity contribution is 6.35. The molecule has 0 saturated carbocycles. The van der Waals surface area contributed by atoms with Crippen molar-refractivity contribution >= 4 is 23.2 Å². The second kappa shape index (κ2) is 6.18. The highest BCUT2D eigenvalue weighted by atomic mass is 35.5. The molecule has 0 amide bonds. The summed E-state index contributed by atoms with van der Waals surface area (Å²) in [7, 11) is 0. The van der Waals surface area contributed by atoms with Gasteiger partial charge in [-0.25, -0.2) is 9.67 Å². The fourth-order valence-corrected chi connectivity index (χ4v) is 2.93. The van der Waals surface area contributed by atoms with Crippen LogP contribution < -0.4 is 0 Å². The Morgan fingerprint density at radius 1 is 1.32 bits per heavy atom. The normalized spacial score (nSPS) is 20.4. The van der Waals surface area contributed by atoms with E-state index in [0.29, 0.717) is 22.2 Å². The molecular weight excluding hydrogens is 325 g/mol. The summed E-state index contributed by atoms with van der Waals surface area (Å²) in [5.41, 5.74) is 0.705. The summed E-state index contributed by atoms with van der Waals surface area (Å²) in [6.07, 6.45) is 6.47. The molecule has 2 aromatic rings. The van der Waals surface area contributed by atoms with E-state index in [-0.39, 0.29) is 0 Å². The Kier molecular flexibility index (Phi) is 4.27. The smallest absolute Gasteiger partial charge is 0.298 e. The van der Waals surface area contributed by atoms with Crippen LogP contribution in [0.3, 0.4) is 0 Å². The first-order valence-electron chi connectivity index (χ1n) is 6.97. The topological polar surface area (TPSA) is 49.2 Å². The van der Waals surface area contributed by atoms with Crippen molar-refractivity contribution in [2.45, 2.75) is 32.1 Å². The molecule has 0 radical (unpaired) electrons. The Balaban J connectivity index is 1.97. The predicted octanol–water partition coefficient (Wildman–Crippen LogP) is 4.13. The van der Waals surface area contributed by atoms with E-state index in [1.54, 1.807) is 29.4 Å². The number of aromatic nitrogens is 3. The highest BCUT2D eigenvalue weighted by Crippen LogP contribution is 2.41. The van der Waals surface area contributed by atoms with Gasteiger partial charge in [0, 0.05) is 11.4 Å². The molecule has 0 fully saturated rings. The van der Waals surface area contributed by atoms with Crippen molar-refractivity contribution in [1.29, 1.82) is 0 Å². The summed E-state index contributed by atoms with van der Waals surface area (Å²) in [5, 5.41) is 5.17. The minimum absolute atomic E-state index is 0.331. The standard InChI is InChI=1S/C15H15Cl2N3O2/c1-2-3-12-7-21-15(22-12,8-20-10-18-9-19-20)13-5-4-11(16)6-14(13)17/h4-7,9-10H,2-3,8H2,1H3. The SMILES string of the molecule is CCCC1=COC(Cn2cncn2)(c2ccc(Cl)cc2Cl)O1. The lowest BCUT2D eigenvalue weighted by Crippen LogP contribution is -2.34. The first-order chi connectivity index (χ1) is 10.6. The van der Waals surface area contributed by atoms with Gasteiger partial charge in [-0.15, -0.1) is 0 Å². The summed E-state index contributed by atoms with van der Waals surface area (Å²) in [5.74, 6) is -0.270. The number of allylic oxidation sites excluding steroid dienone is 1. The number of benzene rings is 1. The third-order valence-electron chi connectivity index (χ3n) is 3.35. The van der Waals surface area contributed by atoms with Crippen LogP contribution in [0.15, 0.2) is 42.9 Å². The van der Waals surface area contributed by atoms with E-state index in [1.165, 1.54) is 6.33 Å². The molecule has 0 saturated heterocycles. The zero-order chi connectivity index (χ0) is 15.6. The fraction of sp³-hybridized carbons (Fsp3) is 0.333. The van der Waals surface area contributed by atoms with Crippen LogP contribution in [-0.2, 0) is 21.8 Å². The minimum atomic E-state index is -1.06. The molecule has 2 heterocycles. The lowest BCUT2D eigenvalue weighted by molar-refractivity contribution is -0.170. The lowest BCUT2D eigenvalue weighted by Gasteiger charge is -2.29. The molecule has 0 spiro atoms. The van der Waals surface area contributed by atoms with Gasteiger partial charge in [-0.05, 0) is 24.6 Å². The molecule has 0 N–H and O–H groups in total. The second-order valence-corrected chi connectivity index (χ2v) is 5.87. The number of ether oxygens (including phenoxy) is 2. The third kappa shape index (κ3) is 2.91. The van der Waals surface area contributed by atoms with Crippen molar-refractivity contribution in [3.8, 4) is 0 Å². The summed E-state index contributed by atoms with van der Waals surface area (Å²) in [6.45, 7) is 2.41. The van der Waals surface area contributed by atoms with E-state index in [1.807, 2.05) is 6.07 Å². The van der Waals surface area contributed by atoms with Crippen LogP contribution in [0.2, 0.25) is 10.0 Å². The third-order valence-corrected chi connectivity index (χ3v) is 3.90. The second-order valence-electron chi connectivity index (χ2n) is 5.02. The van der Waals surface area contributed by atoms with Gasteiger partial charge in [-0.3, -0.25) is 0 Å². The van der Waals surface area contributed by atoms with Gasteiger partial charge in [-0.1, -0.05) is 30.1 Å². The zero-order valence-corrected chi connectivity index (χ0v) is 13.5. The maximum absolute atomic E-state index is 6.35. The van der Waals surface area contributed by atoms with Crippen molar-refractivity contribution in [3.05, 3.63) is 58.5 Å². The van der Waals surface area contributed by atoms with Crippen molar-refractivity contribution in [1.82, 2.24) is 14.8 Å². The van der Waals surface area contributed by atoms with Gasteiger partial charge in [0.05, 0.1) is 10.6 Å². The number of hydrogen-bond acceptors (Lipinski definition) is 4. The monoisotopic (exact) mass is 339 g/mol. The summed E-state index contributed by atoms with van der Waals surface area (Å²) in [6, 6.07) is 5.24. The molecule has 1 unspecified atom stereocenters. The molecule has 22 heavy (non-hydrogen) atoms. The minimum Gasteiger partial charge on any atom is -0.451 e. The van der Waals surface area contributed by atoms with Gasteiger partial charge in [0.2, 0.25) is 0 Å². The van der Waals surface area contributed by atoms with Gasteiger partial charge in [0.1, 0.15) is 31.2 Å². The average Bonchev–Trinajstić information content (AvgIpc) is 3.10. The molecule has 1 aromatic carbocycles.